The van der Waals surface area contributed by atoms with E-state index in [2.05, 4.69) is 16.2 Å². The van der Waals surface area contributed by atoms with E-state index in [1.807, 2.05) is 32.0 Å². The molecule has 0 radical (unpaired) electrons. The first kappa shape index (κ1) is 15.4. The molecule has 6 nitrogen and oxygen atoms in total. The predicted molar refractivity (Wildman–Crippen MR) is 87.9 cm³/mol. The first-order valence-corrected chi connectivity index (χ1v) is 7.26. The maximum absolute atomic E-state index is 11.0. The molecule has 0 saturated heterocycles. The Balaban J connectivity index is 2.10. The van der Waals surface area contributed by atoms with Crippen molar-refractivity contribution < 1.29 is 9.90 Å². The molecule has 0 aliphatic rings. The number of carboxylic acids is 1. The van der Waals surface area contributed by atoms with Gasteiger partial charge in [-0.2, -0.15) is 10.4 Å². The van der Waals surface area contributed by atoms with Crippen LogP contribution in [0.2, 0.25) is 0 Å². The van der Waals surface area contributed by atoms with Gasteiger partial charge >= 0.3 is 5.97 Å². The molecule has 1 aromatic carbocycles. The van der Waals surface area contributed by atoms with Crippen molar-refractivity contribution >= 4 is 5.97 Å². The van der Waals surface area contributed by atoms with Crippen molar-refractivity contribution in [1.82, 2.24) is 14.8 Å². The minimum Gasteiger partial charge on any atom is -0.478 e. The molecule has 3 rings (SSSR count). The summed E-state index contributed by atoms with van der Waals surface area (Å²) in [5, 5.41) is 22.5. The van der Waals surface area contributed by atoms with Crippen molar-refractivity contribution in [3.05, 3.63) is 65.1 Å². The molecule has 0 fully saturated rings. The SMILES string of the molecule is Cc1cccc(-c2cnc(-n3cc(C(=O)O)cn3)cc2C#N)c1C. The van der Waals surface area contributed by atoms with E-state index in [0.717, 1.165) is 22.3 Å². The van der Waals surface area contributed by atoms with E-state index in [1.54, 1.807) is 12.3 Å². The van der Waals surface area contributed by atoms with Crippen LogP contribution in [0.15, 0.2) is 42.9 Å². The Bertz CT molecular complexity index is 983. The number of benzene rings is 1. The van der Waals surface area contributed by atoms with Crippen molar-refractivity contribution in [2.75, 3.05) is 0 Å². The Hall–Kier alpha value is -3.46. The maximum Gasteiger partial charge on any atom is 0.338 e. The molecule has 0 bridgehead atoms. The second-order valence-corrected chi connectivity index (χ2v) is 5.43. The molecule has 0 atom stereocenters. The van der Waals surface area contributed by atoms with E-state index in [0.29, 0.717) is 11.4 Å². The van der Waals surface area contributed by atoms with E-state index in [1.165, 1.54) is 17.1 Å². The molecule has 6 heteroatoms. The number of pyridine rings is 1. The van der Waals surface area contributed by atoms with E-state index in [4.69, 9.17) is 5.11 Å². The van der Waals surface area contributed by atoms with Gasteiger partial charge in [-0.1, -0.05) is 18.2 Å². The Morgan fingerprint density at radius 1 is 1.25 bits per heavy atom. The van der Waals surface area contributed by atoms with Crippen LogP contribution in [0, 0.1) is 25.2 Å². The number of nitrogens with zero attached hydrogens (tertiary/aromatic N) is 4. The molecule has 3 aromatic rings. The van der Waals surface area contributed by atoms with Crippen molar-refractivity contribution in [2.24, 2.45) is 0 Å². The van der Waals surface area contributed by atoms with Crippen LogP contribution in [0.3, 0.4) is 0 Å². The van der Waals surface area contributed by atoms with Crippen molar-refractivity contribution in [1.29, 1.82) is 5.26 Å². The molecule has 0 unspecified atom stereocenters. The molecular weight excluding hydrogens is 304 g/mol. The summed E-state index contributed by atoms with van der Waals surface area (Å²) in [6, 6.07) is 9.71. The second-order valence-electron chi connectivity index (χ2n) is 5.43. The fourth-order valence-electron chi connectivity index (χ4n) is 2.48. The predicted octanol–water partition coefficient (Wildman–Crippen LogP) is 3.12. The average molecular weight is 318 g/mol. The first-order valence-electron chi connectivity index (χ1n) is 7.26. The summed E-state index contributed by atoms with van der Waals surface area (Å²) in [5.41, 5.74) is 4.45. The quantitative estimate of drug-likeness (QED) is 0.801. The van der Waals surface area contributed by atoms with Gasteiger partial charge in [0.2, 0.25) is 0 Å². The number of nitriles is 1. The third kappa shape index (κ3) is 2.63. The zero-order valence-corrected chi connectivity index (χ0v) is 13.2. The summed E-state index contributed by atoms with van der Waals surface area (Å²) in [5.74, 6) is -0.665. The summed E-state index contributed by atoms with van der Waals surface area (Å²) >= 11 is 0. The fourth-order valence-corrected chi connectivity index (χ4v) is 2.48. The molecular formula is C18H14N4O2. The van der Waals surface area contributed by atoms with Crippen LogP contribution in [-0.4, -0.2) is 25.8 Å². The summed E-state index contributed by atoms with van der Waals surface area (Å²) < 4.78 is 1.34. The van der Waals surface area contributed by atoms with E-state index >= 15 is 0 Å². The lowest BCUT2D eigenvalue weighted by molar-refractivity contribution is 0.0697. The van der Waals surface area contributed by atoms with Crippen molar-refractivity contribution in [2.45, 2.75) is 13.8 Å². The number of hydrogen-bond acceptors (Lipinski definition) is 4. The largest absolute Gasteiger partial charge is 0.478 e. The molecule has 2 heterocycles. The van der Waals surface area contributed by atoms with Gasteiger partial charge in [-0.15, -0.1) is 0 Å². The standard InChI is InChI=1S/C18H14N4O2/c1-11-4-3-5-15(12(11)2)16-9-20-17(6-13(16)7-19)22-10-14(8-21-22)18(23)24/h3-6,8-10H,1-2H3,(H,23,24). The molecule has 24 heavy (non-hydrogen) atoms. The van der Waals surface area contributed by atoms with Gasteiger partial charge in [0, 0.05) is 24.0 Å². The van der Waals surface area contributed by atoms with Crippen molar-refractivity contribution in [3.63, 3.8) is 0 Å². The Morgan fingerprint density at radius 3 is 2.71 bits per heavy atom. The van der Waals surface area contributed by atoms with E-state index in [9.17, 15) is 10.1 Å². The van der Waals surface area contributed by atoms with Crippen LogP contribution in [0.25, 0.3) is 16.9 Å². The third-order valence-electron chi connectivity index (χ3n) is 3.97. The van der Waals surface area contributed by atoms with Gasteiger partial charge in [0.15, 0.2) is 5.82 Å². The number of carbonyl (C=O) groups is 1. The first-order chi connectivity index (χ1) is 11.5. The smallest absolute Gasteiger partial charge is 0.338 e. The number of aromatic nitrogens is 3. The molecule has 118 valence electrons. The highest BCUT2D eigenvalue weighted by atomic mass is 16.4. The van der Waals surface area contributed by atoms with Gasteiger partial charge in [-0.25, -0.2) is 14.5 Å². The minimum atomic E-state index is -1.06. The van der Waals surface area contributed by atoms with E-state index in [-0.39, 0.29) is 5.56 Å². The van der Waals surface area contributed by atoms with Crippen LogP contribution >= 0.6 is 0 Å². The van der Waals surface area contributed by atoms with Crippen molar-refractivity contribution in [3.8, 4) is 23.0 Å². The van der Waals surface area contributed by atoms with Crippen LogP contribution in [0.4, 0.5) is 0 Å². The zero-order chi connectivity index (χ0) is 17.3. The van der Waals surface area contributed by atoms with Crippen LogP contribution in [0.1, 0.15) is 27.0 Å². The van der Waals surface area contributed by atoms with Crippen LogP contribution in [-0.2, 0) is 0 Å². The molecule has 0 aliphatic carbocycles. The van der Waals surface area contributed by atoms with Crippen LogP contribution in [0.5, 0.6) is 0 Å². The lowest BCUT2D eigenvalue weighted by atomic mass is 9.95. The second kappa shape index (κ2) is 5.97. The Kier molecular flexibility index (Phi) is 3.84. The zero-order valence-electron chi connectivity index (χ0n) is 13.2. The summed E-state index contributed by atoms with van der Waals surface area (Å²) in [4.78, 5) is 15.3. The number of carboxylic acid groups (broad SMARTS) is 1. The number of rotatable bonds is 3. The lowest BCUT2D eigenvalue weighted by Crippen LogP contribution is -2.01. The monoisotopic (exact) mass is 318 g/mol. The van der Waals surface area contributed by atoms with Gasteiger partial charge in [0.25, 0.3) is 0 Å². The third-order valence-corrected chi connectivity index (χ3v) is 3.97. The van der Waals surface area contributed by atoms with Gasteiger partial charge < -0.3 is 5.11 Å². The topological polar surface area (TPSA) is 91.8 Å². The number of aryl methyl sites for hydroxylation is 1. The Morgan fingerprint density at radius 2 is 2.04 bits per heavy atom. The average Bonchev–Trinajstić information content (AvgIpc) is 3.07. The highest BCUT2D eigenvalue weighted by Crippen LogP contribution is 2.28. The van der Waals surface area contributed by atoms with Gasteiger partial charge in [0.05, 0.1) is 23.4 Å². The normalized spacial score (nSPS) is 10.4. The maximum atomic E-state index is 11.0. The van der Waals surface area contributed by atoms with Gasteiger partial charge in [-0.05, 0) is 30.5 Å². The molecule has 0 aliphatic heterocycles. The molecule has 2 aromatic heterocycles. The van der Waals surface area contributed by atoms with E-state index < -0.39 is 5.97 Å². The fraction of sp³-hybridized carbons (Fsp3) is 0.111. The number of hydrogen-bond donors (Lipinski definition) is 1. The van der Waals surface area contributed by atoms with Gasteiger partial charge in [-0.3, -0.25) is 0 Å². The van der Waals surface area contributed by atoms with Crippen LogP contribution < -0.4 is 0 Å². The minimum absolute atomic E-state index is 0.0638. The molecule has 0 amide bonds. The number of aromatic carboxylic acids is 1. The lowest BCUT2D eigenvalue weighted by Gasteiger charge is -2.11. The summed E-state index contributed by atoms with van der Waals surface area (Å²) in [6.07, 6.45) is 4.23. The van der Waals surface area contributed by atoms with Gasteiger partial charge in [0.1, 0.15) is 0 Å². The molecule has 0 spiro atoms. The molecule has 1 N–H and O–H groups in total. The highest BCUT2D eigenvalue weighted by molar-refractivity contribution is 5.87. The Labute approximate surface area is 138 Å². The molecule has 0 saturated carbocycles. The highest BCUT2D eigenvalue weighted by Gasteiger charge is 2.13. The summed E-state index contributed by atoms with van der Waals surface area (Å²) in [7, 11) is 0. The summed E-state index contributed by atoms with van der Waals surface area (Å²) in [6.45, 7) is 4.02.